The number of benzene rings is 3. The van der Waals surface area contributed by atoms with E-state index in [0.717, 1.165) is 11.1 Å². The lowest BCUT2D eigenvalue weighted by molar-refractivity contribution is 0.0959. The first-order valence-corrected chi connectivity index (χ1v) is 10.4. The van der Waals surface area contributed by atoms with Crippen molar-refractivity contribution in [2.75, 3.05) is 11.9 Å². The van der Waals surface area contributed by atoms with Gasteiger partial charge in [-0.1, -0.05) is 36.4 Å². The van der Waals surface area contributed by atoms with E-state index in [1.807, 2.05) is 31.2 Å². The molecule has 1 heterocycles. The van der Waals surface area contributed by atoms with Crippen LogP contribution in [0.1, 0.15) is 26.3 Å². The molecule has 0 bridgehead atoms. The van der Waals surface area contributed by atoms with Gasteiger partial charge in [-0.15, -0.1) is 16.8 Å². The smallest absolute Gasteiger partial charge is 0.255 e. The number of nitrogens with one attached hydrogen (secondary N) is 2. The zero-order chi connectivity index (χ0) is 23.2. The lowest BCUT2D eigenvalue weighted by Crippen LogP contribution is -2.25. The SMILES string of the molecule is C=CCNC(=O)c1ccccc1NC(=O)c1ccc(-c2nnc(-c3ccccc3C)o2)cc1. The lowest BCUT2D eigenvalue weighted by Gasteiger charge is -2.11. The molecule has 0 radical (unpaired) electrons. The van der Waals surface area contributed by atoms with Gasteiger partial charge < -0.3 is 15.1 Å². The maximum absolute atomic E-state index is 12.8. The largest absolute Gasteiger partial charge is 0.416 e. The van der Waals surface area contributed by atoms with Crippen LogP contribution in [0, 0.1) is 6.92 Å². The summed E-state index contributed by atoms with van der Waals surface area (Å²) in [6.07, 6.45) is 1.59. The van der Waals surface area contributed by atoms with E-state index in [0.29, 0.717) is 40.7 Å². The third-order valence-corrected chi connectivity index (χ3v) is 5.02. The number of carbonyl (C=O) groups excluding carboxylic acids is 2. The van der Waals surface area contributed by atoms with Crippen LogP contribution in [0.4, 0.5) is 5.69 Å². The van der Waals surface area contributed by atoms with Gasteiger partial charge in [-0.25, -0.2) is 0 Å². The minimum absolute atomic E-state index is 0.290. The summed E-state index contributed by atoms with van der Waals surface area (Å²) in [5.74, 6) is 0.180. The first kappa shape index (κ1) is 21.7. The first-order valence-electron chi connectivity index (χ1n) is 10.4. The Labute approximate surface area is 191 Å². The van der Waals surface area contributed by atoms with E-state index in [9.17, 15) is 9.59 Å². The molecule has 2 N–H and O–H groups in total. The second-order valence-corrected chi connectivity index (χ2v) is 7.30. The summed E-state index contributed by atoms with van der Waals surface area (Å²) in [4.78, 5) is 25.1. The fraction of sp³-hybridized carbons (Fsp3) is 0.0769. The molecule has 0 aliphatic carbocycles. The van der Waals surface area contributed by atoms with E-state index < -0.39 is 0 Å². The highest BCUT2D eigenvalue weighted by Gasteiger charge is 2.15. The molecular weight excluding hydrogens is 416 g/mol. The van der Waals surface area contributed by atoms with Gasteiger partial charge in [0.05, 0.1) is 11.3 Å². The summed E-state index contributed by atoms with van der Waals surface area (Å²) in [7, 11) is 0. The van der Waals surface area contributed by atoms with Gasteiger partial charge >= 0.3 is 0 Å². The number of hydrogen-bond acceptors (Lipinski definition) is 5. The van der Waals surface area contributed by atoms with Gasteiger partial charge in [-0.05, 0) is 55.0 Å². The van der Waals surface area contributed by atoms with E-state index in [-0.39, 0.29) is 11.8 Å². The molecule has 3 aromatic carbocycles. The highest BCUT2D eigenvalue weighted by atomic mass is 16.4. The molecule has 7 heteroatoms. The third kappa shape index (κ3) is 4.88. The minimum Gasteiger partial charge on any atom is -0.416 e. The Bertz CT molecular complexity index is 1310. The topological polar surface area (TPSA) is 97.1 Å². The Kier molecular flexibility index (Phi) is 6.40. The Hall–Kier alpha value is -4.52. The van der Waals surface area contributed by atoms with E-state index in [2.05, 4.69) is 27.4 Å². The molecule has 0 saturated heterocycles. The van der Waals surface area contributed by atoms with Crippen LogP contribution >= 0.6 is 0 Å². The lowest BCUT2D eigenvalue weighted by atomic mass is 10.1. The van der Waals surface area contributed by atoms with Crippen LogP contribution < -0.4 is 10.6 Å². The maximum Gasteiger partial charge on any atom is 0.255 e. The van der Waals surface area contributed by atoms with Crippen molar-refractivity contribution in [2.45, 2.75) is 6.92 Å². The Morgan fingerprint density at radius 2 is 1.61 bits per heavy atom. The van der Waals surface area contributed by atoms with Crippen molar-refractivity contribution in [3.05, 3.63) is 102 Å². The average molecular weight is 438 g/mol. The Morgan fingerprint density at radius 1 is 0.909 bits per heavy atom. The van der Waals surface area contributed by atoms with Gasteiger partial charge in [-0.2, -0.15) is 0 Å². The Balaban J connectivity index is 1.50. The van der Waals surface area contributed by atoms with Gasteiger partial charge in [0.2, 0.25) is 11.8 Å². The van der Waals surface area contributed by atoms with Crippen molar-refractivity contribution < 1.29 is 14.0 Å². The van der Waals surface area contributed by atoms with Crippen molar-refractivity contribution in [1.29, 1.82) is 0 Å². The molecular formula is C26H22N4O3. The molecule has 7 nitrogen and oxygen atoms in total. The molecule has 33 heavy (non-hydrogen) atoms. The van der Waals surface area contributed by atoms with Crippen LogP contribution in [0.3, 0.4) is 0 Å². The number of nitrogens with zero attached hydrogens (tertiary/aromatic N) is 2. The molecule has 0 spiro atoms. The highest BCUT2D eigenvalue weighted by Crippen LogP contribution is 2.26. The fourth-order valence-corrected chi connectivity index (χ4v) is 3.27. The van der Waals surface area contributed by atoms with Crippen LogP contribution in [0.5, 0.6) is 0 Å². The van der Waals surface area contributed by atoms with Gasteiger partial charge in [0.25, 0.3) is 11.8 Å². The van der Waals surface area contributed by atoms with E-state index in [1.165, 1.54) is 0 Å². The zero-order valence-corrected chi connectivity index (χ0v) is 18.0. The average Bonchev–Trinajstić information content (AvgIpc) is 3.33. The monoisotopic (exact) mass is 438 g/mol. The predicted molar refractivity (Wildman–Crippen MR) is 127 cm³/mol. The molecule has 1 aromatic heterocycles. The second-order valence-electron chi connectivity index (χ2n) is 7.30. The molecule has 0 aliphatic rings. The number of hydrogen-bond donors (Lipinski definition) is 2. The number of amides is 2. The highest BCUT2D eigenvalue weighted by molar-refractivity contribution is 6.09. The number of aryl methyl sites for hydroxylation is 1. The minimum atomic E-state index is -0.336. The number of anilines is 1. The van der Waals surface area contributed by atoms with Gasteiger partial charge in [-0.3, -0.25) is 9.59 Å². The molecule has 0 fully saturated rings. The van der Waals surface area contributed by atoms with Gasteiger partial charge in [0.15, 0.2) is 0 Å². The van der Waals surface area contributed by atoms with Crippen LogP contribution in [0.25, 0.3) is 22.9 Å². The van der Waals surface area contributed by atoms with E-state index >= 15 is 0 Å². The predicted octanol–water partition coefficient (Wildman–Crippen LogP) is 4.88. The second kappa shape index (κ2) is 9.74. The van der Waals surface area contributed by atoms with Gasteiger partial charge in [0.1, 0.15) is 0 Å². The van der Waals surface area contributed by atoms with Crippen molar-refractivity contribution in [3.63, 3.8) is 0 Å². The number of para-hydroxylation sites is 1. The van der Waals surface area contributed by atoms with Crippen molar-refractivity contribution in [1.82, 2.24) is 15.5 Å². The van der Waals surface area contributed by atoms with E-state index in [1.54, 1.807) is 54.6 Å². The molecule has 0 aliphatic heterocycles. The third-order valence-electron chi connectivity index (χ3n) is 5.02. The summed E-state index contributed by atoms with van der Waals surface area (Å²) < 4.78 is 5.83. The zero-order valence-electron chi connectivity index (χ0n) is 18.0. The number of aromatic nitrogens is 2. The normalized spacial score (nSPS) is 10.5. The molecule has 0 atom stereocenters. The van der Waals surface area contributed by atoms with Crippen LogP contribution in [0.2, 0.25) is 0 Å². The molecule has 0 unspecified atom stereocenters. The van der Waals surface area contributed by atoms with Crippen molar-refractivity contribution in [2.24, 2.45) is 0 Å². The van der Waals surface area contributed by atoms with Crippen molar-refractivity contribution >= 4 is 17.5 Å². The number of carbonyl (C=O) groups is 2. The standard InChI is InChI=1S/C26H22N4O3/c1-3-16-27-24(32)21-10-6-7-11-22(21)28-23(31)18-12-14-19(15-13-18)25-29-30-26(33-25)20-9-5-4-8-17(20)2/h3-15H,1,16H2,2H3,(H,27,32)(H,28,31). The molecule has 4 rings (SSSR count). The summed E-state index contributed by atoms with van der Waals surface area (Å²) in [6, 6.07) is 21.4. The summed E-state index contributed by atoms with van der Waals surface area (Å²) in [5.41, 5.74) is 3.84. The van der Waals surface area contributed by atoms with Gasteiger partial charge in [0, 0.05) is 23.2 Å². The maximum atomic E-state index is 12.8. The van der Waals surface area contributed by atoms with Crippen LogP contribution in [-0.4, -0.2) is 28.6 Å². The molecule has 164 valence electrons. The number of rotatable bonds is 7. The first-order chi connectivity index (χ1) is 16.1. The van der Waals surface area contributed by atoms with Crippen molar-refractivity contribution in [3.8, 4) is 22.9 Å². The summed E-state index contributed by atoms with van der Waals surface area (Å²) >= 11 is 0. The van der Waals surface area contributed by atoms with E-state index in [4.69, 9.17) is 4.42 Å². The van der Waals surface area contributed by atoms with Crippen LogP contribution in [0.15, 0.2) is 89.9 Å². The van der Waals surface area contributed by atoms with Crippen LogP contribution in [-0.2, 0) is 0 Å². The molecule has 2 amide bonds. The quantitative estimate of drug-likeness (QED) is 0.401. The summed E-state index contributed by atoms with van der Waals surface area (Å²) in [6.45, 7) is 5.90. The molecule has 4 aromatic rings. The summed E-state index contributed by atoms with van der Waals surface area (Å²) in [5, 5.41) is 13.8. The molecule has 0 saturated carbocycles. The fourth-order valence-electron chi connectivity index (χ4n) is 3.27. The Morgan fingerprint density at radius 3 is 2.36 bits per heavy atom.